The van der Waals surface area contributed by atoms with Crippen molar-refractivity contribution in [1.82, 2.24) is 24.6 Å². The summed E-state index contributed by atoms with van der Waals surface area (Å²) < 4.78 is 3.33. The topological polar surface area (TPSA) is 81.8 Å². The number of nitrogens with one attached hydrogen (secondary N) is 1. The molecule has 2 heterocycles. The van der Waals surface area contributed by atoms with Crippen molar-refractivity contribution in [2.75, 3.05) is 0 Å². The molecule has 5 rings (SSSR count). The van der Waals surface area contributed by atoms with Gasteiger partial charge in [-0.1, -0.05) is 60.7 Å². The SMILES string of the molecule is O=C(Cn1c(=O)cnc2ccccc21)NCc1ccccc1-c1ccc(Cn2cccn2)cc1. The van der Waals surface area contributed by atoms with E-state index in [1.54, 1.807) is 12.3 Å². The van der Waals surface area contributed by atoms with Gasteiger partial charge >= 0.3 is 0 Å². The van der Waals surface area contributed by atoms with Gasteiger partial charge in [-0.2, -0.15) is 5.10 Å². The Morgan fingerprint density at radius 1 is 0.912 bits per heavy atom. The second-order valence-electron chi connectivity index (χ2n) is 8.01. The Bertz CT molecular complexity index is 1490. The van der Waals surface area contributed by atoms with Gasteiger partial charge in [0.15, 0.2) is 0 Å². The van der Waals surface area contributed by atoms with Gasteiger partial charge in [0.2, 0.25) is 5.91 Å². The van der Waals surface area contributed by atoms with E-state index in [2.05, 4.69) is 39.7 Å². The lowest BCUT2D eigenvalue weighted by Gasteiger charge is -2.13. The van der Waals surface area contributed by atoms with Crippen molar-refractivity contribution in [3.63, 3.8) is 0 Å². The van der Waals surface area contributed by atoms with Crippen LogP contribution in [0.4, 0.5) is 0 Å². The van der Waals surface area contributed by atoms with E-state index < -0.39 is 0 Å². The summed E-state index contributed by atoms with van der Waals surface area (Å²) in [6.45, 7) is 1.02. The number of para-hydroxylation sites is 2. The standard InChI is InChI=1S/C27H23N5O2/c33-26(19-32-25-9-4-3-8-24(25)28-17-27(32)34)29-16-22-6-1-2-7-23(22)21-12-10-20(11-13-21)18-31-15-5-14-30-31/h1-15,17H,16,18-19H2,(H,29,33). The Labute approximate surface area is 196 Å². The number of carbonyl (C=O) groups is 1. The lowest BCUT2D eigenvalue weighted by molar-refractivity contribution is -0.121. The van der Waals surface area contributed by atoms with Crippen molar-refractivity contribution in [2.24, 2.45) is 0 Å². The second kappa shape index (κ2) is 9.54. The van der Waals surface area contributed by atoms with Crippen molar-refractivity contribution < 1.29 is 4.79 Å². The van der Waals surface area contributed by atoms with E-state index in [1.807, 2.05) is 59.4 Å². The van der Waals surface area contributed by atoms with Crippen LogP contribution in [0.25, 0.3) is 22.2 Å². The minimum Gasteiger partial charge on any atom is -0.350 e. The van der Waals surface area contributed by atoms with Crippen LogP contribution in [0.15, 0.2) is 102 Å². The van der Waals surface area contributed by atoms with E-state index in [9.17, 15) is 9.59 Å². The smallest absolute Gasteiger partial charge is 0.269 e. The van der Waals surface area contributed by atoms with Crippen molar-refractivity contribution in [3.8, 4) is 11.1 Å². The van der Waals surface area contributed by atoms with E-state index >= 15 is 0 Å². The first kappa shape index (κ1) is 21.3. The molecule has 1 N–H and O–H groups in total. The van der Waals surface area contributed by atoms with Crippen LogP contribution in [-0.2, 0) is 24.4 Å². The van der Waals surface area contributed by atoms with Gasteiger partial charge in [-0.25, -0.2) is 4.98 Å². The van der Waals surface area contributed by atoms with Crippen LogP contribution in [-0.4, -0.2) is 25.2 Å². The molecule has 0 spiro atoms. The molecule has 0 aliphatic heterocycles. The highest BCUT2D eigenvalue weighted by Crippen LogP contribution is 2.24. The molecule has 0 unspecified atom stereocenters. The molecule has 2 aromatic heterocycles. The zero-order chi connectivity index (χ0) is 23.3. The molecule has 0 radical (unpaired) electrons. The summed E-state index contributed by atoms with van der Waals surface area (Å²) in [5.74, 6) is -0.233. The molecular formula is C27H23N5O2. The number of hydrogen-bond donors (Lipinski definition) is 1. The van der Waals surface area contributed by atoms with Gasteiger partial charge in [0, 0.05) is 18.9 Å². The number of amides is 1. The number of aromatic nitrogens is 4. The maximum atomic E-state index is 12.7. The lowest BCUT2D eigenvalue weighted by atomic mass is 9.98. The van der Waals surface area contributed by atoms with Crippen LogP contribution in [0.3, 0.4) is 0 Å². The second-order valence-corrected chi connectivity index (χ2v) is 8.01. The summed E-state index contributed by atoms with van der Waals surface area (Å²) in [7, 11) is 0. The van der Waals surface area contributed by atoms with Crippen LogP contribution in [0.5, 0.6) is 0 Å². The van der Waals surface area contributed by atoms with Crippen LogP contribution in [0, 0.1) is 0 Å². The fourth-order valence-electron chi connectivity index (χ4n) is 4.00. The van der Waals surface area contributed by atoms with Gasteiger partial charge in [0.05, 0.1) is 23.8 Å². The first-order valence-electron chi connectivity index (χ1n) is 11.0. The number of fused-ring (bicyclic) bond motifs is 1. The quantitative estimate of drug-likeness (QED) is 0.411. The molecule has 34 heavy (non-hydrogen) atoms. The fourth-order valence-corrected chi connectivity index (χ4v) is 4.00. The normalized spacial score (nSPS) is 10.9. The van der Waals surface area contributed by atoms with Gasteiger partial charge in [0.25, 0.3) is 5.56 Å². The molecule has 0 saturated carbocycles. The van der Waals surface area contributed by atoms with Gasteiger partial charge < -0.3 is 5.32 Å². The predicted octanol–water partition coefficient (Wildman–Crippen LogP) is 3.62. The number of rotatable bonds is 7. The summed E-state index contributed by atoms with van der Waals surface area (Å²) in [6, 6.07) is 25.5. The molecule has 7 nitrogen and oxygen atoms in total. The van der Waals surface area contributed by atoms with Gasteiger partial charge in [-0.05, 0) is 40.5 Å². The Hall–Kier alpha value is -4.52. The number of hydrogen-bond acceptors (Lipinski definition) is 4. The molecule has 0 aliphatic carbocycles. The molecule has 3 aromatic carbocycles. The zero-order valence-electron chi connectivity index (χ0n) is 18.5. The lowest BCUT2D eigenvalue weighted by Crippen LogP contribution is -2.32. The molecule has 1 amide bonds. The molecule has 0 atom stereocenters. The third-order valence-corrected chi connectivity index (χ3v) is 5.72. The average molecular weight is 450 g/mol. The minimum absolute atomic E-state index is 0.0633. The molecule has 5 aromatic rings. The van der Waals surface area contributed by atoms with Crippen LogP contribution < -0.4 is 10.9 Å². The molecule has 0 saturated heterocycles. The van der Waals surface area contributed by atoms with Crippen molar-refractivity contribution in [2.45, 2.75) is 19.6 Å². The van der Waals surface area contributed by atoms with Crippen molar-refractivity contribution in [3.05, 3.63) is 119 Å². The number of carbonyl (C=O) groups excluding carboxylic acids is 1. The summed E-state index contributed by atoms with van der Waals surface area (Å²) in [6.07, 6.45) is 4.96. The van der Waals surface area contributed by atoms with Crippen LogP contribution >= 0.6 is 0 Å². The highest BCUT2D eigenvalue weighted by Gasteiger charge is 2.11. The Morgan fingerprint density at radius 2 is 1.71 bits per heavy atom. The Morgan fingerprint density at radius 3 is 2.53 bits per heavy atom. The first-order chi connectivity index (χ1) is 16.7. The predicted molar refractivity (Wildman–Crippen MR) is 131 cm³/mol. The number of benzene rings is 3. The third-order valence-electron chi connectivity index (χ3n) is 5.72. The molecular weight excluding hydrogens is 426 g/mol. The highest BCUT2D eigenvalue weighted by atomic mass is 16.2. The summed E-state index contributed by atoms with van der Waals surface area (Å²) in [5, 5.41) is 7.21. The van der Waals surface area contributed by atoms with E-state index in [4.69, 9.17) is 0 Å². The summed E-state index contributed by atoms with van der Waals surface area (Å²) in [4.78, 5) is 29.2. The summed E-state index contributed by atoms with van der Waals surface area (Å²) >= 11 is 0. The largest absolute Gasteiger partial charge is 0.350 e. The van der Waals surface area contributed by atoms with Crippen LogP contribution in [0.2, 0.25) is 0 Å². The molecule has 0 aliphatic rings. The summed E-state index contributed by atoms with van der Waals surface area (Å²) in [5.41, 5.74) is 5.31. The maximum Gasteiger partial charge on any atom is 0.269 e. The monoisotopic (exact) mass is 449 g/mol. The highest BCUT2D eigenvalue weighted by molar-refractivity contribution is 5.80. The van der Waals surface area contributed by atoms with E-state index in [0.29, 0.717) is 24.1 Å². The van der Waals surface area contributed by atoms with Gasteiger partial charge in [-0.3, -0.25) is 18.8 Å². The molecule has 0 fully saturated rings. The fraction of sp³-hybridized carbons (Fsp3) is 0.111. The van der Waals surface area contributed by atoms with E-state index in [1.165, 1.54) is 10.8 Å². The Kier molecular flexibility index (Phi) is 5.99. The number of nitrogens with zero attached hydrogens (tertiary/aromatic N) is 4. The van der Waals surface area contributed by atoms with Gasteiger partial charge in [-0.15, -0.1) is 0 Å². The average Bonchev–Trinajstić information content (AvgIpc) is 3.38. The molecule has 168 valence electrons. The van der Waals surface area contributed by atoms with E-state index in [0.717, 1.165) is 22.3 Å². The zero-order valence-corrected chi connectivity index (χ0v) is 18.5. The van der Waals surface area contributed by atoms with Crippen molar-refractivity contribution in [1.29, 1.82) is 0 Å². The first-order valence-corrected chi connectivity index (χ1v) is 11.0. The third kappa shape index (κ3) is 4.63. The maximum absolute atomic E-state index is 12.7. The van der Waals surface area contributed by atoms with E-state index in [-0.39, 0.29) is 18.0 Å². The minimum atomic E-state index is -0.301. The molecule has 7 heteroatoms. The van der Waals surface area contributed by atoms with Gasteiger partial charge in [0.1, 0.15) is 6.54 Å². The van der Waals surface area contributed by atoms with Crippen molar-refractivity contribution >= 4 is 16.9 Å². The molecule has 0 bridgehead atoms. The Balaban J connectivity index is 1.30. The van der Waals surface area contributed by atoms with Crippen LogP contribution in [0.1, 0.15) is 11.1 Å².